The Morgan fingerprint density at radius 1 is 1.15 bits per heavy atom. The number of amides is 1. The fourth-order valence-electron chi connectivity index (χ4n) is 2.61. The van der Waals surface area contributed by atoms with Gasteiger partial charge in [-0.05, 0) is 43.0 Å². The Morgan fingerprint density at radius 2 is 1.89 bits per heavy atom. The highest BCUT2D eigenvalue weighted by atomic mass is 16.5. The number of hydrogen-bond donors (Lipinski definition) is 3. The second kappa shape index (κ2) is 10.9. The molecule has 1 atom stereocenters. The maximum atomic E-state index is 10.8. The number of rotatable bonds is 9. The first kappa shape index (κ1) is 20.3. The average Bonchev–Trinajstić information content (AvgIpc) is 2.69. The molecule has 2 rings (SSSR count). The van der Waals surface area contributed by atoms with Crippen LogP contribution in [0.3, 0.4) is 0 Å². The maximum absolute atomic E-state index is 10.8. The lowest BCUT2D eigenvalue weighted by molar-refractivity contribution is -0.119. The zero-order chi connectivity index (χ0) is 19.5. The Labute approximate surface area is 160 Å². The van der Waals surface area contributed by atoms with Gasteiger partial charge in [0.15, 0.2) is 12.6 Å². The molecule has 144 valence electrons. The summed E-state index contributed by atoms with van der Waals surface area (Å²) in [6.07, 6.45) is 2.03. The zero-order valence-electron chi connectivity index (χ0n) is 15.9. The number of carbonyl (C=O) groups excluding carboxylic acids is 1. The number of hydrogen-bond acceptors (Lipinski definition) is 3. The van der Waals surface area contributed by atoms with Crippen LogP contribution in [0.4, 0.5) is 0 Å². The van der Waals surface area contributed by atoms with Gasteiger partial charge in [0.05, 0.1) is 0 Å². The highest BCUT2D eigenvalue weighted by molar-refractivity contribution is 5.79. The van der Waals surface area contributed by atoms with Gasteiger partial charge in [0.1, 0.15) is 5.75 Å². The van der Waals surface area contributed by atoms with Gasteiger partial charge < -0.3 is 21.1 Å². The van der Waals surface area contributed by atoms with E-state index in [1.165, 1.54) is 5.56 Å². The van der Waals surface area contributed by atoms with Gasteiger partial charge in [-0.25, -0.2) is 0 Å². The van der Waals surface area contributed by atoms with Crippen LogP contribution in [0.25, 0.3) is 0 Å². The number of carbonyl (C=O) groups is 1. The van der Waals surface area contributed by atoms with Gasteiger partial charge >= 0.3 is 0 Å². The number of nitrogens with zero attached hydrogens (tertiary/aromatic N) is 1. The Balaban J connectivity index is 1.79. The van der Waals surface area contributed by atoms with Crippen LogP contribution in [0.5, 0.6) is 5.75 Å². The molecule has 0 bridgehead atoms. The Morgan fingerprint density at radius 3 is 2.59 bits per heavy atom. The highest BCUT2D eigenvalue weighted by Crippen LogP contribution is 2.13. The van der Waals surface area contributed by atoms with Crippen molar-refractivity contribution in [2.75, 3.05) is 13.7 Å². The lowest BCUT2D eigenvalue weighted by atomic mass is 10.1. The van der Waals surface area contributed by atoms with Crippen LogP contribution in [0.2, 0.25) is 0 Å². The van der Waals surface area contributed by atoms with Crippen molar-refractivity contribution in [3.63, 3.8) is 0 Å². The SMILES string of the molecule is CN=C(NCc1cccc(OCC(N)=O)c1)NC(C)CCc1ccccc1. The molecule has 0 aliphatic carbocycles. The molecule has 1 amide bonds. The van der Waals surface area contributed by atoms with E-state index in [9.17, 15) is 4.79 Å². The first-order chi connectivity index (χ1) is 13.1. The van der Waals surface area contributed by atoms with Gasteiger partial charge in [0.2, 0.25) is 0 Å². The molecule has 0 fully saturated rings. The summed E-state index contributed by atoms with van der Waals surface area (Å²) in [4.78, 5) is 15.1. The third-order valence-electron chi connectivity index (χ3n) is 4.06. The van der Waals surface area contributed by atoms with E-state index in [1.807, 2.05) is 24.3 Å². The summed E-state index contributed by atoms with van der Waals surface area (Å²) in [7, 11) is 1.76. The van der Waals surface area contributed by atoms with Crippen LogP contribution < -0.4 is 21.1 Å². The number of aliphatic imine (C=N–C) groups is 1. The van der Waals surface area contributed by atoms with E-state index in [2.05, 4.69) is 46.8 Å². The molecule has 0 radical (unpaired) electrons. The van der Waals surface area contributed by atoms with Crippen molar-refractivity contribution in [1.82, 2.24) is 10.6 Å². The van der Waals surface area contributed by atoms with Gasteiger partial charge in [0, 0.05) is 19.6 Å². The Bertz CT molecular complexity index is 747. The van der Waals surface area contributed by atoms with Gasteiger partial charge in [-0.3, -0.25) is 9.79 Å². The molecule has 0 saturated carbocycles. The minimum atomic E-state index is -0.493. The number of nitrogens with one attached hydrogen (secondary N) is 2. The quantitative estimate of drug-likeness (QED) is 0.468. The summed E-state index contributed by atoms with van der Waals surface area (Å²) in [5.74, 6) is 0.874. The normalized spacial score (nSPS) is 12.3. The van der Waals surface area contributed by atoms with Crippen molar-refractivity contribution in [3.8, 4) is 5.75 Å². The first-order valence-electron chi connectivity index (χ1n) is 9.08. The number of nitrogens with two attached hydrogens (primary N) is 1. The number of primary amides is 1. The first-order valence-corrected chi connectivity index (χ1v) is 9.08. The molecule has 2 aromatic rings. The lowest BCUT2D eigenvalue weighted by Crippen LogP contribution is -2.42. The largest absolute Gasteiger partial charge is 0.484 e. The van der Waals surface area contributed by atoms with Crippen LogP contribution in [-0.4, -0.2) is 31.6 Å². The second-order valence-corrected chi connectivity index (χ2v) is 6.40. The average molecular weight is 368 g/mol. The summed E-state index contributed by atoms with van der Waals surface area (Å²) in [5.41, 5.74) is 7.46. The zero-order valence-corrected chi connectivity index (χ0v) is 15.9. The van der Waals surface area contributed by atoms with E-state index in [4.69, 9.17) is 10.5 Å². The molecule has 6 nitrogen and oxygen atoms in total. The van der Waals surface area contributed by atoms with Crippen LogP contribution in [-0.2, 0) is 17.8 Å². The van der Waals surface area contributed by atoms with Crippen LogP contribution >= 0.6 is 0 Å². The monoisotopic (exact) mass is 368 g/mol. The lowest BCUT2D eigenvalue weighted by Gasteiger charge is -2.18. The van der Waals surface area contributed by atoms with Gasteiger partial charge in [0.25, 0.3) is 5.91 Å². The molecule has 1 unspecified atom stereocenters. The standard InChI is InChI=1S/C21H28N4O2/c1-16(11-12-17-7-4-3-5-8-17)25-21(23-2)24-14-18-9-6-10-19(13-18)27-15-20(22)26/h3-10,13,16H,11-12,14-15H2,1-2H3,(H2,22,26)(H2,23,24,25). The molecular formula is C21H28N4O2. The minimum Gasteiger partial charge on any atom is -0.484 e. The molecule has 6 heteroatoms. The van der Waals surface area contributed by atoms with Crippen molar-refractivity contribution in [3.05, 3.63) is 65.7 Å². The molecule has 4 N–H and O–H groups in total. The summed E-state index contributed by atoms with van der Waals surface area (Å²) in [6.45, 7) is 2.62. The smallest absolute Gasteiger partial charge is 0.255 e. The molecule has 27 heavy (non-hydrogen) atoms. The van der Waals surface area contributed by atoms with Crippen LogP contribution in [0.15, 0.2) is 59.6 Å². The van der Waals surface area contributed by atoms with Crippen LogP contribution in [0.1, 0.15) is 24.5 Å². The van der Waals surface area contributed by atoms with E-state index < -0.39 is 5.91 Å². The van der Waals surface area contributed by atoms with Crippen molar-refractivity contribution >= 4 is 11.9 Å². The van der Waals surface area contributed by atoms with Gasteiger partial charge in [-0.2, -0.15) is 0 Å². The molecule has 0 aromatic heterocycles. The van der Waals surface area contributed by atoms with E-state index in [-0.39, 0.29) is 6.61 Å². The number of ether oxygens (including phenoxy) is 1. The molecule has 2 aromatic carbocycles. The van der Waals surface area contributed by atoms with Crippen molar-refractivity contribution < 1.29 is 9.53 Å². The Kier molecular flexibility index (Phi) is 8.16. The van der Waals surface area contributed by atoms with E-state index in [0.717, 1.165) is 24.4 Å². The Hall–Kier alpha value is -3.02. The summed E-state index contributed by atoms with van der Waals surface area (Å²) in [5, 5.41) is 6.71. The predicted molar refractivity (Wildman–Crippen MR) is 109 cm³/mol. The van der Waals surface area contributed by atoms with E-state index in [0.29, 0.717) is 18.3 Å². The minimum absolute atomic E-state index is 0.126. The molecule has 0 saturated heterocycles. The summed E-state index contributed by atoms with van der Waals surface area (Å²) in [6, 6.07) is 18.3. The van der Waals surface area contributed by atoms with Crippen LogP contribution in [0, 0.1) is 0 Å². The van der Waals surface area contributed by atoms with Gasteiger partial charge in [-0.1, -0.05) is 42.5 Å². The molecular weight excluding hydrogens is 340 g/mol. The van der Waals surface area contributed by atoms with E-state index >= 15 is 0 Å². The fourth-order valence-corrected chi connectivity index (χ4v) is 2.61. The molecule has 0 heterocycles. The highest BCUT2D eigenvalue weighted by Gasteiger charge is 2.06. The van der Waals surface area contributed by atoms with E-state index in [1.54, 1.807) is 13.1 Å². The summed E-state index contributed by atoms with van der Waals surface area (Å²) >= 11 is 0. The fraction of sp³-hybridized carbons (Fsp3) is 0.333. The van der Waals surface area contributed by atoms with Crippen molar-refractivity contribution in [2.24, 2.45) is 10.7 Å². The number of aryl methyl sites for hydroxylation is 1. The number of benzene rings is 2. The summed E-state index contributed by atoms with van der Waals surface area (Å²) < 4.78 is 5.33. The predicted octanol–water partition coefficient (Wildman–Crippen LogP) is 2.24. The molecule has 0 aliphatic rings. The topological polar surface area (TPSA) is 88.7 Å². The second-order valence-electron chi connectivity index (χ2n) is 6.40. The third kappa shape index (κ3) is 7.81. The number of guanidine groups is 1. The maximum Gasteiger partial charge on any atom is 0.255 e. The van der Waals surface area contributed by atoms with Crippen molar-refractivity contribution in [1.29, 1.82) is 0 Å². The molecule has 0 spiro atoms. The molecule has 0 aliphatic heterocycles. The van der Waals surface area contributed by atoms with Gasteiger partial charge in [-0.15, -0.1) is 0 Å². The third-order valence-corrected chi connectivity index (χ3v) is 4.06. The van der Waals surface area contributed by atoms with Crippen molar-refractivity contribution in [2.45, 2.75) is 32.4 Å².